The maximum Gasteiger partial charge on any atom is 0.355 e. The largest absolute Gasteiger partial charge is 0.461 e. The molecule has 0 aliphatic rings. The van der Waals surface area contributed by atoms with Crippen molar-refractivity contribution in [1.29, 1.82) is 0 Å². The SMILES string of the molecule is CCOC(=O)c1[nH]c(Br)c(-c2ccc(SC)cc2)c1Br. The fourth-order valence-electron chi connectivity index (χ4n) is 1.80. The molecule has 1 N–H and O–H groups in total. The summed E-state index contributed by atoms with van der Waals surface area (Å²) in [5.74, 6) is -0.368. The number of halogens is 2. The molecular weight excluding hydrogens is 406 g/mol. The van der Waals surface area contributed by atoms with Gasteiger partial charge in [-0.15, -0.1) is 11.8 Å². The molecule has 0 atom stereocenters. The van der Waals surface area contributed by atoms with Gasteiger partial charge in [0.2, 0.25) is 0 Å². The maximum absolute atomic E-state index is 11.9. The Morgan fingerprint density at radius 1 is 1.30 bits per heavy atom. The number of ether oxygens (including phenoxy) is 1. The van der Waals surface area contributed by atoms with Crippen molar-refractivity contribution < 1.29 is 9.53 Å². The van der Waals surface area contributed by atoms with Gasteiger partial charge in [0.15, 0.2) is 0 Å². The number of benzene rings is 1. The van der Waals surface area contributed by atoms with E-state index < -0.39 is 0 Å². The molecule has 3 nitrogen and oxygen atoms in total. The van der Waals surface area contributed by atoms with Crippen molar-refractivity contribution in [2.45, 2.75) is 11.8 Å². The van der Waals surface area contributed by atoms with Crippen LogP contribution in [0.3, 0.4) is 0 Å². The van der Waals surface area contributed by atoms with Crippen LogP contribution in [0.25, 0.3) is 11.1 Å². The number of carbonyl (C=O) groups is 1. The van der Waals surface area contributed by atoms with Gasteiger partial charge in [-0.05, 0) is 62.7 Å². The molecule has 1 aromatic carbocycles. The van der Waals surface area contributed by atoms with Gasteiger partial charge in [-0.3, -0.25) is 0 Å². The molecule has 0 fully saturated rings. The van der Waals surface area contributed by atoms with Crippen LogP contribution >= 0.6 is 43.6 Å². The predicted molar refractivity (Wildman–Crippen MR) is 89.4 cm³/mol. The Morgan fingerprint density at radius 3 is 2.50 bits per heavy atom. The molecule has 0 aliphatic heterocycles. The second-order valence-electron chi connectivity index (χ2n) is 3.95. The maximum atomic E-state index is 11.9. The van der Waals surface area contributed by atoms with Crippen molar-refractivity contribution in [3.05, 3.63) is 39.0 Å². The summed E-state index contributed by atoms with van der Waals surface area (Å²) in [6.07, 6.45) is 2.04. The Hall–Kier alpha value is -0.720. The van der Waals surface area contributed by atoms with Crippen molar-refractivity contribution in [2.75, 3.05) is 12.9 Å². The Balaban J connectivity index is 2.43. The van der Waals surface area contributed by atoms with E-state index in [1.165, 1.54) is 4.90 Å². The topological polar surface area (TPSA) is 42.1 Å². The van der Waals surface area contributed by atoms with Crippen molar-refractivity contribution in [3.8, 4) is 11.1 Å². The molecule has 6 heteroatoms. The minimum atomic E-state index is -0.368. The zero-order valence-corrected chi connectivity index (χ0v) is 15.0. The molecule has 0 bridgehead atoms. The molecule has 0 amide bonds. The fraction of sp³-hybridized carbons (Fsp3) is 0.214. The lowest BCUT2D eigenvalue weighted by molar-refractivity contribution is 0.0519. The summed E-state index contributed by atoms with van der Waals surface area (Å²) < 4.78 is 6.49. The highest BCUT2D eigenvalue weighted by atomic mass is 79.9. The van der Waals surface area contributed by atoms with E-state index in [4.69, 9.17) is 4.74 Å². The van der Waals surface area contributed by atoms with Crippen LogP contribution in [0, 0.1) is 0 Å². The third-order valence-corrected chi connectivity index (χ3v) is 4.88. The number of thioether (sulfide) groups is 1. The molecule has 0 radical (unpaired) electrons. The van der Waals surface area contributed by atoms with E-state index in [-0.39, 0.29) is 5.97 Å². The van der Waals surface area contributed by atoms with Gasteiger partial charge in [0, 0.05) is 10.5 Å². The second kappa shape index (κ2) is 6.83. The first-order chi connectivity index (χ1) is 9.58. The van der Waals surface area contributed by atoms with E-state index in [1.807, 2.05) is 18.4 Å². The first-order valence-electron chi connectivity index (χ1n) is 5.97. The number of hydrogen-bond donors (Lipinski definition) is 1. The van der Waals surface area contributed by atoms with Crippen molar-refractivity contribution in [1.82, 2.24) is 4.98 Å². The smallest absolute Gasteiger partial charge is 0.355 e. The summed E-state index contributed by atoms with van der Waals surface area (Å²) in [6, 6.07) is 8.16. The Morgan fingerprint density at radius 2 is 1.95 bits per heavy atom. The summed E-state index contributed by atoms with van der Waals surface area (Å²) in [6.45, 7) is 2.13. The summed E-state index contributed by atoms with van der Waals surface area (Å²) in [5, 5.41) is 0. The summed E-state index contributed by atoms with van der Waals surface area (Å²) in [4.78, 5) is 16.1. The van der Waals surface area contributed by atoms with Crippen LogP contribution in [0.15, 0.2) is 38.2 Å². The molecule has 1 heterocycles. The zero-order valence-electron chi connectivity index (χ0n) is 11.0. The number of hydrogen-bond acceptors (Lipinski definition) is 3. The summed E-state index contributed by atoms with van der Waals surface area (Å²) >= 11 is 8.63. The van der Waals surface area contributed by atoms with E-state index in [9.17, 15) is 4.79 Å². The Kier molecular flexibility index (Phi) is 5.35. The standard InChI is InChI=1S/C14H13Br2NO2S/c1-3-19-14(18)12-11(15)10(13(16)17-12)8-4-6-9(20-2)7-5-8/h4-7,17H,3H2,1-2H3. The molecule has 0 unspecified atom stereocenters. The van der Waals surface area contributed by atoms with Gasteiger partial charge in [0.1, 0.15) is 5.69 Å². The minimum absolute atomic E-state index is 0.347. The predicted octanol–water partition coefficient (Wildman–Crippen LogP) is 5.11. The molecule has 0 saturated carbocycles. The first kappa shape index (κ1) is 15.7. The third-order valence-electron chi connectivity index (χ3n) is 2.75. The van der Waals surface area contributed by atoms with Gasteiger partial charge in [0.05, 0.1) is 15.7 Å². The lowest BCUT2D eigenvalue weighted by Crippen LogP contribution is -2.05. The van der Waals surface area contributed by atoms with Gasteiger partial charge in [-0.1, -0.05) is 12.1 Å². The van der Waals surface area contributed by atoms with Crippen LogP contribution in [-0.4, -0.2) is 23.8 Å². The number of rotatable bonds is 4. The van der Waals surface area contributed by atoms with Crippen molar-refractivity contribution >= 4 is 49.6 Å². The fourth-order valence-corrected chi connectivity index (χ4v) is 3.79. The third kappa shape index (κ3) is 3.13. The highest BCUT2D eigenvalue weighted by Gasteiger charge is 2.21. The van der Waals surface area contributed by atoms with Gasteiger partial charge in [-0.2, -0.15) is 0 Å². The number of esters is 1. The van der Waals surface area contributed by atoms with E-state index in [0.717, 1.165) is 15.7 Å². The quantitative estimate of drug-likeness (QED) is 0.554. The molecule has 106 valence electrons. The number of nitrogens with one attached hydrogen (secondary N) is 1. The normalized spacial score (nSPS) is 10.6. The lowest BCUT2D eigenvalue weighted by atomic mass is 10.1. The highest BCUT2D eigenvalue weighted by Crippen LogP contribution is 2.38. The molecular formula is C14H13Br2NO2S. The van der Waals surface area contributed by atoms with Crippen LogP contribution in [-0.2, 0) is 4.74 Å². The molecule has 20 heavy (non-hydrogen) atoms. The van der Waals surface area contributed by atoms with Gasteiger partial charge < -0.3 is 9.72 Å². The number of carbonyl (C=O) groups excluding carboxylic acids is 1. The highest BCUT2D eigenvalue weighted by molar-refractivity contribution is 9.11. The Labute approximate surface area is 138 Å². The average Bonchev–Trinajstić information content (AvgIpc) is 2.75. The Bertz CT molecular complexity index is 623. The minimum Gasteiger partial charge on any atom is -0.461 e. The van der Waals surface area contributed by atoms with Crippen molar-refractivity contribution in [3.63, 3.8) is 0 Å². The molecule has 0 spiro atoms. The van der Waals surface area contributed by atoms with Gasteiger partial charge in [-0.25, -0.2) is 4.79 Å². The molecule has 1 aromatic heterocycles. The summed E-state index contributed by atoms with van der Waals surface area (Å²) in [5.41, 5.74) is 2.36. The molecule has 0 aliphatic carbocycles. The monoisotopic (exact) mass is 417 g/mol. The second-order valence-corrected chi connectivity index (χ2v) is 6.42. The number of H-pyrrole nitrogens is 1. The number of aromatic nitrogens is 1. The van der Waals surface area contributed by atoms with Crippen LogP contribution in [0.2, 0.25) is 0 Å². The summed E-state index contributed by atoms with van der Waals surface area (Å²) in [7, 11) is 0. The van der Waals surface area contributed by atoms with E-state index in [1.54, 1.807) is 18.7 Å². The average molecular weight is 419 g/mol. The molecule has 2 rings (SSSR count). The van der Waals surface area contributed by atoms with E-state index >= 15 is 0 Å². The molecule has 0 saturated heterocycles. The van der Waals surface area contributed by atoms with Gasteiger partial charge >= 0.3 is 5.97 Å². The van der Waals surface area contributed by atoms with Crippen LogP contribution in [0.5, 0.6) is 0 Å². The van der Waals surface area contributed by atoms with Crippen LogP contribution in [0.1, 0.15) is 17.4 Å². The van der Waals surface area contributed by atoms with Gasteiger partial charge in [0.25, 0.3) is 0 Å². The molecule has 2 aromatic rings. The first-order valence-corrected chi connectivity index (χ1v) is 8.78. The zero-order chi connectivity index (χ0) is 14.7. The lowest BCUT2D eigenvalue weighted by Gasteiger charge is -2.03. The van der Waals surface area contributed by atoms with Crippen LogP contribution < -0.4 is 0 Å². The number of aromatic amines is 1. The van der Waals surface area contributed by atoms with Crippen molar-refractivity contribution in [2.24, 2.45) is 0 Å². The van der Waals surface area contributed by atoms with Crippen LogP contribution in [0.4, 0.5) is 0 Å². The van der Waals surface area contributed by atoms with E-state index in [0.29, 0.717) is 16.8 Å². The van der Waals surface area contributed by atoms with E-state index in [2.05, 4.69) is 49.0 Å².